The molecule has 2 aliphatic carbocycles. The molecular weight excluding hydrogens is 368 g/mol. The molecule has 0 unspecified atom stereocenters. The highest BCUT2D eigenvalue weighted by Gasteiger charge is 2.62. The van der Waals surface area contributed by atoms with E-state index in [9.17, 15) is 19.7 Å². The maximum Gasteiger partial charge on any atom is 0.269 e. The van der Waals surface area contributed by atoms with Gasteiger partial charge in [-0.05, 0) is 30.2 Å². The summed E-state index contributed by atoms with van der Waals surface area (Å²) in [6.45, 7) is 2.06. The first-order valence-corrected chi connectivity index (χ1v) is 9.55. The molecule has 29 heavy (non-hydrogen) atoms. The van der Waals surface area contributed by atoms with Crippen LogP contribution in [0.1, 0.15) is 12.5 Å². The van der Waals surface area contributed by atoms with E-state index in [1.165, 1.54) is 29.2 Å². The third-order valence-electron chi connectivity index (χ3n) is 6.37. The first-order valence-electron chi connectivity index (χ1n) is 9.55. The van der Waals surface area contributed by atoms with Crippen molar-refractivity contribution in [3.63, 3.8) is 0 Å². The van der Waals surface area contributed by atoms with Crippen LogP contribution in [0.15, 0.2) is 72.3 Å². The van der Waals surface area contributed by atoms with Gasteiger partial charge in [-0.15, -0.1) is 0 Å². The molecule has 0 aromatic heterocycles. The van der Waals surface area contributed by atoms with Gasteiger partial charge in [-0.1, -0.05) is 48.1 Å². The molecule has 144 valence electrons. The van der Waals surface area contributed by atoms with Crippen molar-refractivity contribution in [2.45, 2.75) is 6.92 Å². The quantitative estimate of drug-likeness (QED) is 0.346. The van der Waals surface area contributed by atoms with Crippen molar-refractivity contribution in [2.24, 2.45) is 23.7 Å². The molecule has 0 N–H and O–H groups in total. The summed E-state index contributed by atoms with van der Waals surface area (Å²) >= 11 is 0. The largest absolute Gasteiger partial charge is 0.274 e. The molecule has 2 aromatic carbocycles. The second-order valence-electron chi connectivity index (χ2n) is 7.72. The zero-order valence-electron chi connectivity index (χ0n) is 15.7. The van der Waals surface area contributed by atoms with E-state index in [4.69, 9.17) is 0 Å². The molecule has 2 fully saturated rings. The molecule has 1 aliphatic heterocycles. The number of imide groups is 1. The van der Waals surface area contributed by atoms with Crippen molar-refractivity contribution in [2.75, 3.05) is 4.90 Å². The maximum atomic E-state index is 13.2. The van der Waals surface area contributed by atoms with E-state index in [2.05, 4.69) is 19.1 Å². The molecule has 2 bridgehead atoms. The van der Waals surface area contributed by atoms with Crippen LogP contribution in [0.25, 0.3) is 5.57 Å². The first-order chi connectivity index (χ1) is 14.0. The number of allylic oxidation sites excluding steroid dienone is 4. The van der Waals surface area contributed by atoms with Gasteiger partial charge in [0.05, 0.1) is 22.4 Å². The van der Waals surface area contributed by atoms with Gasteiger partial charge in [0.25, 0.3) is 5.69 Å². The monoisotopic (exact) mass is 386 g/mol. The fourth-order valence-electron chi connectivity index (χ4n) is 5.10. The number of amides is 2. The Labute approximate surface area is 167 Å². The van der Waals surface area contributed by atoms with Gasteiger partial charge in [0.1, 0.15) is 0 Å². The van der Waals surface area contributed by atoms with Gasteiger partial charge in [-0.25, -0.2) is 4.90 Å². The summed E-state index contributed by atoms with van der Waals surface area (Å²) in [5.74, 6) is -1.40. The van der Waals surface area contributed by atoms with E-state index in [-0.39, 0.29) is 29.3 Å². The van der Waals surface area contributed by atoms with Crippen LogP contribution < -0.4 is 4.90 Å². The predicted molar refractivity (Wildman–Crippen MR) is 108 cm³/mol. The van der Waals surface area contributed by atoms with Crippen LogP contribution in [0.2, 0.25) is 0 Å². The number of nitrogens with zero attached hydrogens (tertiary/aromatic N) is 2. The number of non-ortho nitro benzene ring substituents is 1. The van der Waals surface area contributed by atoms with E-state index in [1.807, 2.05) is 30.3 Å². The molecule has 6 nitrogen and oxygen atoms in total. The van der Waals surface area contributed by atoms with Gasteiger partial charge in [0.15, 0.2) is 0 Å². The van der Waals surface area contributed by atoms with Gasteiger partial charge in [-0.2, -0.15) is 0 Å². The Morgan fingerprint density at radius 1 is 0.897 bits per heavy atom. The van der Waals surface area contributed by atoms with Gasteiger partial charge < -0.3 is 0 Å². The predicted octanol–water partition coefficient (Wildman–Crippen LogP) is 3.99. The fraction of sp³-hybridized carbons (Fsp3) is 0.217. The van der Waals surface area contributed by atoms with E-state index in [0.717, 1.165) is 16.7 Å². The summed E-state index contributed by atoms with van der Waals surface area (Å²) < 4.78 is 0. The molecule has 1 saturated carbocycles. The van der Waals surface area contributed by atoms with Gasteiger partial charge in [0.2, 0.25) is 11.8 Å². The Balaban J connectivity index is 1.51. The van der Waals surface area contributed by atoms with E-state index < -0.39 is 16.8 Å². The van der Waals surface area contributed by atoms with Crippen LogP contribution in [0.3, 0.4) is 0 Å². The molecule has 4 atom stereocenters. The van der Waals surface area contributed by atoms with Gasteiger partial charge in [0, 0.05) is 24.0 Å². The Bertz CT molecular complexity index is 1070. The van der Waals surface area contributed by atoms with Crippen LogP contribution in [0.5, 0.6) is 0 Å². The van der Waals surface area contributed by atoms with Crippen molar-refractivity contribution < 1.29 is 14.5 Å². The minimum atomic E-state index is -0.500. The SMILES string of the molecule is CC(=C1[C@H]2C=C[C@H]1[C@H]1C(=O)N(c3ccc([N+](=O)[O-])cc3)C(=O)[C@@H]12)c1ccccc1. The number of nitro groups is 1. The number of rotatable bonds is 3. The van der Waals surface area contributed by atoms with Crippen LogP contribution >= 0.6 is 0 Å². The maximum absolute atomic E-state index is 13.2. The Morgan fingerprint density at radius 3 is 1.97 bits per heavy atom. The van der Waals surface area contributed by atoms with E-state index in [1.54, 1.807) is 0 Å². The molecule has 0 spiro atoms. The van der Waals surface area contributed by atoms with Crippen LogP contribution in [-0.4, -0.2) is 16.7 Å². The number of carbonyl (C=O) groups is 2. The Hall–Kier alpha value is -3.54. The van der Waals surface area contributed by atoms with Crippen LogP contribution in [-0.2, 0) is 9.59 Å². The summed E-state index contributed by atoms with van der Waals surface area (Å²) in [5, 5.41) is 10.9. The molecule has 2 aromatic rings. The average molecular weight is 386 g/mol. The summed E-state index contributed by atoms with van der Waals surface area (Å²) in [4.78, 5) is 38.0. The highest BCUT2D eigenvalue weighted by molar-refractivity contribution is 6.23. The van der Waals surface area contributed by atoms with Crippen molar-refractivity contribution in [3.05, 3.63) is 88.0 Å². The van der Waals surface area contributed by atoms with Crippen LogP contribution in [0.4, 0.5) is 11.4 Å². The second kappa shape index (κ2) is 6.24. The van der Waals surface area contributed by atoms with Crippen molar-refractivity contribution in [3.8, 4) is 0 Å². The average Bonchev–Trinajstić information content (AvgIpc) is 3.38. The third kappa shape index (κ3) is 2.42. The van der Waals surface area contributed by atoms with Crippen molar-refractivity contribution in [1.82, 2.24) is 0 Å². The standard InChI is InChI=1S/C23H18N2O4/c1-13(14-5-3-2-4-6-14)19-17-11-12-18(19)21-20(17)22(26)24(23(21)27)15-7-9-16(10-8-15)25(28)29/h2-12,17-18,20-21H,1H3/t17-,18-,20-,21-/m1/s1. The zero-order valence-corrected chi connectivity index (χ0v) is 15.7. The number of anilines is 1. The molecule has 2 amide bonds. The topological polar surface area (TPSA) is 80.5 Å². The highest BCUT2D eigenvalue weighted by atomic mass is 16.6. The first kappa shape index (κ1) is 17.6. The third-order valence-corrected chi connectivity index (χ3v) is 6.37. The Morgan fingerprint density at radius 2 is 1.45 bits per heavy atom. The lowest BCUT2D eigenvalue weighted by Crippen LogP contribution is -2.33. The number of hydrogen-bond donors (Lipinski definition) is 0. The van der Waals surface area contributed by atoms with Gasteiger partial charge in [-0.3, -0.25) is 19.7 Å². The highest BCUT2D eigenvalue weighted by Crippen LogP contribution is 2.58. The van der Waals surface area contributed by atoms with E-state index in [0.29, 0.717) is 5.69 Å². The lowest BCUT2D eigenvalue weighted by molar-refractivity contribution is -0.384. The molecular formula is C23H18N2O4. The summed E-state index contributed by atoms with van der Waals surface area (Å²) in [6, 6.07) is 15.6. The van der Waals surface area contributed by atoms with E-state index >= 15 is 0 Å². The number of benzene rings is 2. The summed E-state index contributed by atoms with van der Waals surface area (Å²) in [5.41, 5.74) is 3.72. The fourth-order valence-corrected chi connectivity index (χ4v) is 5.10. The second-order valence-corrected chi connectivity index (χ2v) is 7.72. The minimum absolute atomic E-state index is 0.0709. The van der Waals surface area contributed by atoms with Crippen molar-refractivity contribution in [1.29, 1.82) is 0 Å². The molecule has 3 aliphatic rings. The number of fused-ring (bicyclic) bond motifs is 5. The molecule has 6 heteroatoms. The molecule has 0 radical (unpaired) electrons. The lowest BCUT2D eigenvalue weighted by Gasteiger charge is -2.20. The number of nitro benzene ring substituents is 1. The minimum Gasteiger partial charge on any atom is -0.274 e. The van der Waals surface area contributed by atoms with Crippen LogP contribution in [0, 0.1) is 33.8 Å². The van der Waals surface area contributed by atoms with Crippen molar-refractivity contribution >= 4 is 28.8 Å². The summed E-state index contributed by atoms with van der Waals surface area (Å²) in [7, 11) is 0. The zero-order chi connectivity index (χ0) is 20.3. The van der Waals surface area contributed by atoms with Gasteiger partial charge >= 0.3 is 0 Å². The molecule has 5 rings (SSSR count). The summed E-state index contributed by atoms with van der Waals surface area (Å²) in [6.07, 6.45) is 4.11. The lowest BCUT2D eigenvalue weighted by atomic mass is 9.85. The molecule has 1 heterocycles. The Kier molecular flexibility index (Phi) is 3.77. The number of carbonyl (C=O) groups excluding carboxylic acids is 2. The molecule has 1 saturated heterocycles. The normalized spacial score (nSPS) is 26.9. The number of hydrogen-bond acceptors (Lipinski definition) is 4. The smallest absolute Gasteiger partial charge is 0.269 e.